The highest BCUT2D eigenvalue weighted by Crippen LogP contribution is 2.30. The quantitative estimate of drug-likeness (QED) is 0.245. The summed E-state index contributed by atoms with van der Waals surface area (Å²) in [7, 11) is -4.32. The fourth-order valence-corrected chi connectivity index (χ4v) is 7.15. The fourth-order valence-electron chi connectivity index (χ4n) is 5.03. The predicted molar refractivity (Wildman–Crippen MR) is 164 cm³/mol. The monoisotopic (exact) mass is 653 g/mol. The van der Waals surface area contributed by atoms with Gasteiger partial charge in [-0.25, -0.2) is 12.8 Å². The van der Waals surface area contributed by atoms with Crippen LogP contribution in [0.25, 0.3) is 0 Å². The molecular weight excluding hydrogens is 624 g/mol. The highest BCUT2D eigenvalue weighted by atomic mass is 35.5. The van der Waals surface area contributed by atoms with Crippen molar-refractivity contribution in [3.63, 3.8) is 0 Å². The summed E-state index contributed by atoms with van der Waals surface area (Å²) in [5.41, 5.74) is 0.404. The second kappa shape index (κ2) is 14.1. The Hall–Kier alpha value is -2.85. The van der Waals surface area contributed by atoms with Crippen LogP contribution in [-0.2, 0) is 26.2 Å². The number of halogens is 4. The van der Waals surface area contributed by atoms with Crippen molar-refractivity contribution >= 4 is 62.3 Å². The van der Waals surface area contributed by atoms with Crippen molar-refractivity contribution in [3.05, 3.63) is 93.2 Å². The Morgan fingerprint density at radius 3 is 2.19 bits per heavy atom. The van der Waals surface area contributed by atoms with E-state index >= 15 is 0 Å². The maximum atomic E-state index is 14.2. The third-order valence-electron chi connectivity index (χ3n) is 7.28. The molecule has 0 heterocycles. The summed E-state index contributed by atoms with van der Waals surface area (Å²) in [4.78, 5) is 28.9. The lowest BCUT2D eigenvalue weighted by Gasteiger charge is -2.34. The minimum absolute atomic E-state index is 0.00344. The molecule has 1 fully saturated rings. The van der Waals surface area contributed by atoms with Crippen molar-refractivity contribution < 1.29 is 22.4 Å². The number of sulfonamides is 1. The molecule has 0 unspecified atom stereocenters. The van der Waals surface area contributed by atoms with Crippen LogP contribution in [0.5, 0.6) is 0 Å². The van der Waals surface area contributed by atoms with Crippen molar-refractivity contribution in [1.29, 1.82) is 0 Å². The molecule has 3 aromatic carbocycles. The first-order valence-corrected chi connectivity index (χ1v) is 16.2. The molecule has 12 heteroatoms. The molecule has 0 aliphatic heterocycles. The van der Waals surface area contributed by atoms with Gasteiger partial charge < -0.3 is 10.2 Å². The zero-order valence-corrected chi connectivity index (χ0v) is 26.0. The Morgan fingerprint density at radius 2 is 1.60 bits per heavy atom. The van der Waals surface area contributed by atoms with E-state index in [1.807, 2.05) is 0 Å². The summed E-state index contributed by atoms with van der Waals surface area (Å²) in [6.45, 7) is 0.928. The summed E-state index contributed by atoms with van der Waals surface area (Å²) in [5.74, 6) is -1.77. The summed E-state index contributed by atoms with van der Waals surface area (Å²) in [5, 5.41) is 3.33. The first-order chi connectivity index (χ1) is 20.0. The summed E-state index contributed by atoms with van der Waals surface area (Å²) >= 11 is 18.9. The van der Waals surface area contributed by atoms with E-state index in [1.54, 1.807) is 43.3 Å². The van der Waals surface area contributed by atoms with Crippen LogP contribution in [0.4, 0.5) is 10.1 Å². The number of rotatable bonds is 11. The second-order valence-corrected chi connectivity index (χ2v) is 13.1. The van der Waals surface area contributed by atoms with E-state index in [0.717, 1.165) is 42.1 Å². The number of hydrogen-bond acceptors (Lipinski definition) is 4. The Labute approximate surface area is 260 Å². The topological polar surface area (TPSA) is 86.8 Å². The van der Waals surface area contributed by atoms with E-state index in [2.05, 4.69) is 5.32 Å². The third kappa shape index (κ3) is 7.37. The minimum Gasteiger partial charge on any atom is -0.352 e. The molecule has 4 rings (SSSR count). The summed E-state index contributed by atoms with van der Waals surface area (Å²) < 4.78 is 42.6. The number of carbonyl (C=O) groups excluding carboxylic acids is 2. The van der Waals surface area contributed by atoms with Gasteiger partial charge in [0.2, 0.25) is 11.8 Å². The molecule has 224 valence electrons. The van der Waals surface area contributed by atoms with E-state index in [4.69, 9.17) is 34.8 Å². The fraction of sp³-hybridized carbons (Fsp3) is 0.333. The van der Waals surface area contributed by atoms with E-state index < -0.39 is 34.3 Å². The molecule has 1 aliphatic carbocycles. The van der Waals surface area contributed by atoms with Crippen LogP contribution < -0.4 is 9.62 Å². The lowest BCUT2D eigenvalue weighted by Crippen LogP contribution is -2.53. The molecule has 42 heavy (non-hydrogen) atoms. The molecule has 0 saturated heterocycles. The zero-order valence-electron chi connectivity index (χ0n) is 22.9. The number of anilines is 1. The maximum Gasteiger partial charge on any atom is 0.264 e. The number of carbonyl (C=O) groups is 2. The second-order valence-electron chi connectivity index (χ2n) is 10.1. The minimum atomic E-state index is -4.32. The van der Waals surface area contributed by atoms with Crippen LogP contribution in [0.2, 0.25) is 15.1 Å². The smallest absolute Gasteiger partial charge is 0.264 e. The molecule has 1 saturated carbocycles. The summed E-state index contributed by atoms with van der Waals surface area (Å²) in [6.07, 6.45) is 3.96. The van der Waals surface area contributed by atoms with Crippen molar-refractivity contribution in [3.8, 4) is 0 Å². The van der Waals surface area contributed by atoms with Gasteiger partial charge in [-0.2, -0.15) is 0 Å². The van der Waals surface area contributed by atoms with E-state index in [9.17, 15) is 22.4 Å². The van der Waals surface area contributed by atoms with Gasteiger partial charge in [0.15, 0.2) is 0 Å². The van der Waals surface area contributed by atoms with Gasteiger partial charge in [0.25, 0.3) is 10.0 Å². The standard InChI is InChI=1S/C30H31Cl3FN3O4S/c1-2-28(30(39)35-20-9-6-7-10-20)36(18-23-24(31)13-8-14-25(23)32)29(38)19-37(21-15-16-27(34)26(33)17-21)42(40,41)22-11-4-3-5-12-22/h3-5,8,11-17,20,28H,2,6-7,9-10,18-19H2,1H3,(H,35,39)/t28-/m0/s1. The Bertz CT molecular complexity index is 1520. The average Bonchev–Trinajstić information content (AvgIpc) is 3.48. The van der Waals surface area contributed by atoms with Crippen LogP contribution in [-0.4, -0.2) is 43.8 Å². The molecule has 0 aromatic heterocycles. The normalized spacial score (nSPS) is 14.4. The number of benzene rings is 3. The van der Waals surface area contributed by atoms with Crippen molar-refractivity contribution in [2.45, 2.75) is 62.6 Å². The highest BCUT2D eigenvalue weighted by Gasteiger charge is 2.35. The van der Waals surface area contributed by atoms with E-state index in [1.165, 1.54) is 23.1 Å². The van der Waals surface area contributed by atoms with Gasteiger partial charge in [0.1, 0.15) is 18.4 Å². The first-order valence-electron chi connectivity index (χ1n) is 13.6. The van der Waals surface area contributed by atoms with Gasteiger partial charge in [-0.05, 0) is 61.7 Å². The third-order valence-corrected chi connectivity index (χ3v) is 10.1. The SMILES string of the molecule is CC[C@@H](C(=O)NC1CCCC1)N(Cc1c(Cl)cccc1Cl)C(=O)CN(c1ccc(F)c(Cl)c1)S(=O)(=O)c1ccccc1. The molecule has 0 spiro atoms. The number of amides is 2. The number of hydrogen-bond donors (Lipinski definition) is 1. The first kappa shape index (κ1) is 32.1. The molecule has 0 bridgehead atoms. The Balaban J connectivity index is 1.76. The van der Waals surface area contributed by atoms with Crippen molar-refractivity contribution in [2.24, 2.45) is 0 Å². The van der Waals surface area contributed by atoms with Crippen LogP contribution in [0.3, 0.4) is 0 Å². The molecule has 1 aliphatic rings. The van der Waals surface area contributed by atoms with Gasteiger partial charge in [0, 0.05) is 28.2 Å². The molecule has 0 radical (unpaired) electrons. The van der Waals surface area contributed by atoms with Crippen molar-refractivity contribution in [1.82, 2.24) is 10.2 Å². The van der Waals surface area contributed by atoms with Gasteiger partial charge in [-0.3, -0.25) is 13.9 Å². The van der Waals surface area contributed by atoms with Crippen LogP contribution in [0, 0.1) is 5.82 Å². The molecule has 2 amide bonds. The number of nitrogens with zero attached hydrogens (tertiary/aromatic N) is 2. The average molecular weight is 655 g/mol. The molecule has 3 aromatic rings. The largest absolute Gasteiger partial charge is 0.352 e. The van der Waals surface area contributed by atoms with Gasteiger partial charge in [-0.15, -0.1) is 0 Å². The highest BCUT2D eigenvalue weighted by molar-refractivity contribution is 7.92. The summed E-state index contributed by atoms with van der Waals surface area (Å²) in [6, 6.07) is 14.9. The van der Waals surface area contributed by atoms with Crippen LogP contribution in [0.1, 0.15) is 44.6 Å². The van der Waals surface area contributed by atoms with Crippen LogP contribution in [0.15, 0.2) is 71.6 Å². The maximum absolute atomic E-state index is 14.2. The molecule has 1 N–H and O–H groups in total. The van der Waals surface area contributed by atoms with Crippen molar-refractivity contribution in [2.75, 3.05) is 10.8 Å². The van der Waals surface area contributed by atoms with E-state index in [-0.39, 0.29) is 40.5 Å². The lowest BCUT2D eigenvalue weighted by atomic mass is 10.1. The Kier molecular flexibility index (Phi) is 10.8. The van der Waals surface area contributed by atoms with Gasteiger partial charge in [-0.1, -0.05) is 78.8 Å². The van der Waals surface area contributed by atoms with Gasteiger partial charge in [0.05, 0.1) is 15.6 Å². The predicted octanol–water partition coefficient (Wildman–Crippen LogP) is 6.85. The lowest BCUT2D eigenvalue weighted by molar-refractivity contribution is -0.140. The van der Waals surface area contributed by atoms with Gasteiger partial charge >= 0.3 is 0 Å². The van der Waals surface area contributed by atoms with Crippen LogP contribution >= 0.6 is 34.8 Å². The molecule has 1 atom stereocenters. The zero-order chi connectivity index (χ0) is 30.4. The number of nitrogens with one attached hydrogen (secondary N) is 1. The Morgan fingerprint density at radius 1 is 0.952 bits per heavy atom. The molecule has 7 nitrogen and oxygen atoms in total. The molecular formula is C30H31Cl3FN3O4S. The van der Waals surface area contributed by atoms with E-state index in [0.29, 0.717) is 15.6 Å².